The minimum Gasteiger partial charge on any atom is -0.246 e. The molecule has 2 heterocycles. The fraction of sp³-hybridized carbons (Fsp3) is 0.105. The van der Waals surface area contributed by atoms with Gasteiger partial charge in [-0.25, -0.2) is 9.67 Å². The predicted octanol–water partition coefficient (Wildman–Crippen LogP) is 4.69. The van der Waals surface area contributed by atoms with Crippen LogP contribution < -0.4 is 0 Å². The van der Waals surface area contributed by atoms with E-state index in [1.807, 2.05) is 53.3 Å². The number of benzene rings is 2. The first-order valence-corrected chi connectivity index (χ1v) is 9.15. The second kappa shape index (κ2) is 7.17. The quantitative estimate of drug-likeness (QED) is 0.514. The Morgan fingerprint density at radius 2 is 1.76 bits per heavy atom. The lowest BCUT2D eigenvalue weighted by Gasteiger charge is -1.97. The molecule has 0 N–H and O–H groups in total. The molecular formula is C19H15ClN4S. The standard InChI is InChI=1S/C19H15ClN4S/c20-16-8-6-15(7-9-16)19-21-18(13-25-19)12-24-11-17(22-23-24)10-14-4-2-1-3-5-14/h1-9,11,13H,10,12H2. The van der Waals surface area contributed by atoms with Gasteiger partial charge < -0.3 is 0 Å². The highest BCUT2D eigenvalue weighted by Gasteiger charge is 2.07. The summed E-state index contributed by atoms with van der Waals surface area (Å²) in [6, 6.07) is 18.0. The Labute approximate surface area is 154 Å². The van der Waals surface area contributed by atoms with E-state index in [0.717, 1.165) is 33.4 Å². The van der Waals surface area contributed by atoms with Gasteiger partial charge in [0, 0.05) is 28.6 Å². The fourth-order valence-corrected chi connectivity index (χ4v) is 3.52. The monoisotopic (exact) mass is 366 g/mol. The van der Waals surface area contributed by atoms with Crippen LogP contribution in [0.4, 0.5) is 0 Å². The van der Waals surface area contributed by atoms with E-state index in [0.29, 0.717) is 6.54 Å². The van der Waals surface area contributed by atoms with E-state index in [1.54, 1.807) is 11.3 Å². The van der Waals surface area contributed by atoms with Crippen LogP contribution in [0.3, 0.4) is 0 Å². The second-order valence-corrected chi connectivity index (χ2v) is 7.02. The van der Waals surface area contributed by atoms with E-state index >= 15 is 0 Å². The summed E-state index contributed by atoms with van der Waals surface area (Å²) in [5.41, 5.74) is 4.24. The van der Waals surface area contributed by atoms with Crippen molar-refractivity contribution in [2.75, 3.05) is 0 Å². The lowest BCUT2D eigenvalue weighted by Crippen LogP contribution is -2.00. The summed E-state index contributed by atoms with van der Waals surface area (Å²) in [7, 11) is 0. The number of hydrogen-bond acceptors (Lipinski definition) is 4. The molecule has 0 atom stereocenters. The van der Waals surface area contributed by atoms with Crippen molar-refractivity contribution in [3.8, 4) is 10.6 Å². The summed E-state index contributed by atoms with van der Waals surface area (Å²) in [5, 5.41) is 12.2. The van der Waals surface area contributed by atoms with Crippen molar-refractivity contribution in [2.45, 2.75) is 13.0 Å². The minimum atomic E-state index is 0.617. The van der Waals surface area contributed by atoms with Gasteiger partial charge in [0.15, 0.2) is 0 Å². The van der Waals surface area contributed by atoms with Crippen LogP contribution in [0.2, 0.25) is 5.02 Å². The molecule has 0 unspecified atom stereocenters. The minimum absolute atomic E-state index is 0.617. The molecular weight excluding hydrogens is 352 g/mol. The molecule has 0 saturated carbocycles. The number of rotatable bonds is 5. The molecule has 4 rings (SSSR count). The summed E-state index contributed by atoms with van der Waals surface area (Å²) in [6.07, 6.45) is 2.77. The maximum absolute atomic E-state index is 5.94. The van der Waals surface area contributed by atoms with Crippen LogP contribution in [0.5, 0.6) is 0 Å². The van der Waals surface area contributed by atoms with Crippen LogP contribution in [0.15, 0.2) is 66.2 Å². The van der Waals surface area contributed by atoms with Crippen LogP contribution in [0.25, 0.3) is 10.6 Å². The Kier molecular flexibility index (Phi) is 4.59. The van der Waals surface area contributed by atoms with Gasteiger partial charge in [0.25, 0.3) is 0 Å². The summed E-state index contributed by atoms with van der Waals surface area (Å²) >= 11 is 7.56. The lowest BCUT2D eigenvalue weighted by atomic mass is 10.1. The molecule has 2 aromatic carbocycles. The lowest BCUT2D eigenvalue weighted by molar-refractivity contribution is 0.641. The van der Waals surface area contributed by atoms with E-state index in [-0.39, 0.29) is 0 Å². The third kappa shape index (κ3) is 3.95. The molecule has 0 spiro atoms. The van der Waals surface area contributed by atoms with Crippen molar-refractivity contribution in [3.05, 3.63) is 88.1 Å². The fourth-order valence-electron chi connectivity index (χ4n) is 2.57. The molecule has 25 heavy (non-hydrogen) atoms. The van der Waals surface area contributed by atoms with E-state index in [1.165, 1.54) is 5.56 Å². The molecule has 4 nitrogen and oxygen atoms in total. The van der Waals surface area contributed by atoms with Crippen LogP contribution >= 0.6 is 22.9 Å². The van der Waals surface area contributed by atoms with Crippen molar-refractivity contribution in [2.24, 2.45) is 0 Å². The molecule has 0 amide bonds. The highest BCUT2D eigenvalue weighted by atomic mass is 35.5. The van der Waals surface area contributed by atoms with Gasteiger partial charge in [0.05, 0.1) is 17.9 Å². The van der Waals surface area contributed by atoms with E-state index < -0.39 is 0 Å². The van der Waals surface area contributed by atoms with Gasteiger partial charge in [-0.15, -0.1) is 16.4 Å². The molecule has 0 radical (unpaired) electrons. The summed E-state index contributed by atoms with van der Waals surface area (Å²) < 4.78 is 1.83. The van der Waals surface area contributed by atoms with Crippen LogP contribution in [-0.4, -0.2) is 20.0 Å². The Morgan fingerprint density at radius 1 is 0.960 bits per heavy atom. The average molecular weight is 367 g/mol. The van der Waals surface area contributed by atoms with Crippen molar-refractivity contribution < 1.29 is 0 Å². The van der Waals surface area contributed by atoms with E-state index in [9.17, 15) is 0 Å². The highest BCUT2D eigenvalue weighted by molar-refractivity contribution is 7.13. The Bertz CT molecular complexity index is 961. The summed E-state index contributed by atoms with van der Waals surface area (Å²) in [5.74, 6) is 0. The van der Waals surface area contributed by atoms with E-state index in [2.05, 4.69) is 32.8 Å². The topological polar surface area (TPSA) is 43.6 Å². The zero-order valence-corrected chi connectivity index (χ0v) is 14.9. The number of halogens is 1. The van der Waals surface area contributed by atoms with E-state index in [4.69, 9.17) is 11.6 Å². The van der Waals surface area contributed by atoms with Gasteiger partial charge in [-0.05, 0) is 17.7 Å². The second-order valence-electron chi connectivity index (χ2n) is 5.72. The smallest absolute Gasteiger partial charge is 0.123 e. The highest BCUT2D eigenvalue weighted by Crippen LogP contribution is 2.25. The van der Waals surface area contributed by atoms with Crippen molar-refractivity contribution >= 4 is 22.9 Å². The first-order valence-electron chi connectivity index (χ1n) is 7.89. The number of nitrogens with zero attached hydrogens (tertiary/aromatic N) is 4. The third-order valence-corrected chi connectivity index (χ3v) is 4.97. The Hall–Kier alpha value is -2.50. The molecule has 0 fully saturated rings. The molecule has 4 aromatic rings. The predicted molar refractivity (Wildman–Crippen MR) is 101 cm³/mol. The van der Waals surface area contributed by atoms with Crippen LogP contribution in [0.1, 0.15) is 17.0 Å². The third-order valence-electron chi connectivity index (χ3n) is 3.78. The Balaban J connectivity index is 1.45. The van der Waals surface area contributed by atoms with Gasteiger partial charge >= 0.3 is 0 Å². The van der Waals surface area contributed by atoms with Gasteiger partial charge in [0.1, 0.15) is 5.01 Å². The van der Waals surface area contributed by atoms with Gasteiger partial charge in [-0.1, -0.05) is 59.3 Å². The molecule has 124 valence electrons. The largest absolute Gasteiger partial charge is 0.246 e. The average Bonchev–Trinajstić information content (AvgIpc) is 3.27. The molecule has 2 aromatic heterocycles. The number of thiazole rings is 1. The van der Waals surface area contributed by atoms with Crippen LogP contribution in [0, 0.1) is 0 Å². The molecule has 0 aliphatic heterocycles. The van der Waals surface area contributed by atoms with Gasteiger partial charge in [-0.2, -0.15) is 0 Å². The number of hydrogen-bond donors (Lipinski definition) is 0. The normalized spacial score (nSPS) is 10.9. The zero-order valence-electron chi connectivity index (χ0n) is 13.3. The van der Waals surface area contributed by atoms with Crippen molar-refractivity contribution in [1.82, 2.24) is 20.0 Å². The molecule has 0 aliphatic rings. The molecule has 0 bridgehead atoms. The molecule has 0 saturated heterocycles. The SMILES string of the molecule is Clc1ccc(-c2nc(Cn3cc(Cc4ccccc4)nn3)cs2)cc1. The van der Waals surface area contributed by atoms with Crippen LogP contribution in [-0.2, 0) is 13.0 Å². The van der Waals surface area contributed by atoms with Crippen molar-refractivity contribution in [3.63, 3.8) is 0 Å². The summed E-state index contributed by atoms with van der Waals surface area (Å²) in [6.45, 7) is 0.617. The number of aromatic nitrogens is 4. The zero-order chi connectivity index (χ0) is 17.1. The molecule has 6 heteroatoms. The first-order chi connectivity index (χ1) is 12.3. The van der Waals surface area contributed by atoms with Gasteiger partial charge in [-0.3, -0.25) is 0 Å². The van der Waals surface area contributed by atoms with Gasteiger partial charge in [0.2, 0.25) is 0 Å². The maximum Gasteiger partial charge on any atom is 0.123 e. The first kappa shape index (κ1) is 16.0. The maximum atomic E-state index is 5.94. The Morgan fingerprint density at radius 3 is 2.56 bits per heavy atom. The molecule has 0 aliphatic carbocycles. The van der Waals surface area contributed by atoms with Crippen molar-refractivity contribution in [1.29, 1.82) is 0 Å². The summed E-state index contributed by atoms with van der Waals surface area (Å²) in [4.78, 5) is 4.69.